The average molecular weight is 239 g/mol. The lowest BCUT2D eigenvalue weighted by atomic mass is 9.99. The maximum absolute atomic E-state index is 5.99. The molecule has 0 bridgehead atoms. The van der Waals surface area contributed by atoms with Crippen molar-refractivity contribution in [2.75, 3.05) is 18.8 Å². The van der Waals surface area contributed by atoms with Crippen LogP contribution in [0.15, 0.2) is 18.2 Å². The van der Waals surface area contributed by atoms with E-state index >= 15 is 0 Å². The lowest BCUT2D eigenvalue weighted by Crippen LogP contribution is -2.33. The summed E-state index contributed by atoms with van der Waals surface area (Å²) in [6.07, 6.45) is 2.64. The van der Waals surface area contributed by atoms with Crippen LogP contribution >= 0.6 is 11.6 Å². The first-order chi connectivity index (χ1) is 7.65. The van der Waals surface area contributed by atoms with Crippen LogP contribution in [-0.2, 0) is 6.54 Å². The maximum atomic E-state index is 5.99. The van der Waals surface area contributed by atoms with E-state index in [4.69, 9.17) is 17.3 Å². The Labute approximate surface area is 102 Å². The maximum Gasteiger partial charge on any atom is 0.0410 e. The largest absolute Gasteiger partial charge is 0.398 e. The Balaban J connectivity index is 2.05. The molecule has 0 spiro atoms. The van der Waals surface area contributed by atoms with E-state index in [1.165, 1.54) is 25.9 Å². The first kappa shape index (κ1) is 11.7. The predicted octanol–water partition coefficient (Wildman–Crippen LogP) is 3.15. The smallest absolute Gasteiger partial charge is 0.0410 e. The van der Waals surface area contributed by atoms with Gasteiger partial charge < -0.3 is 5.73 Å². The zero-order chi connectivity index (χ0) is 11.5. The SMILES string of the molecule is CC1CCCN(Cc2cc(Cl)ccc2N)C1. The molecule has 88 valence electrons. The first-order valence-corrected chi connectivity index (χ1v) is 6.29. The number of hydrogen-bond donors (Lipinski definition) is 1. The zero-order valence-electron chi connectivity index (χ0n) is 9.75. The second-order valence-corrected chi connectivity index (χ2v) is 5.26. The number of likely N-dealkylation sites (tertiary alicyclic amines) is 1. The summed E-state index contributed by atoms with van der Waals surface area (Å²) in [5.41, 5.74) is 7.96. The van der Waals surface area contributed by atoms with E-state index in [0.29, 0.717) is 0 Å². The van der Waals surface area contributed by atoms with Crippen LogP contribution in [0.3, 0.4) is 0 Å². The highest BCUT2D eigenvalue weighted by atomic mass is 35.5. The molecule has 1 unspecified atom stereocenters. The molecular formula is C13H19ClN2. The summed E-state index contributed by atoms with van der Waals surface area (Å²) in [6.45, 7) is 5.59. The van der Waals surface area contributed by atoms with Crippen molar-refractivity contribution in [2.24, 2.45) is 5.92 Å². The highest BCUT2D eigenvalue weighted by Crippen LogP contribution is 2.22. The van der Waals surface area contributed by atoms with Gasteiger partial charge in [-0.1, -0.05) is 18.5 Å². The Morgan fingerprint density at radius 1 is 1.50 bits per heavy atom. The summed E-state index contributed by atoms with van der Waals surface area (Å²) >= 11 is 5.99. The summed E-state index contributed by atoms with van der Waals surface area (Å²) in [5.74, 6) is 0.800. The van der Waals surface area contributed by atoms with Crippen molar-refractivity contribution in [3.8, 4) is 0 Å². The van der Waals surface area contributed by atoms with Crippen molar-refractivity contribution in [1.82, 2.24) is 4.90 Å². The number of nitrogen functional groups attached to an aromatic ring is 1. The van der Waals surface area contributed by atoms with Gasteiger partial charge in [0, 0.05) is 23.8 Å². The topological polar surface area (TPSA) is 29.3 Å². The number of nitrogens with zero attached hydrogens (tertiary/aromatic N) is 1. The average Bonchev–Trinajstić information content (AvgIpc) is 2.24. The minimum Gasteiger partial charge on any atom is -0.398 e. The fraction of sp³-hybridized carbons (Fsp3) is 0.538. The van der Waals surface area contributed by atoms with Crippen molar-refractivity contribution < 1.29 is 0 Å². The van der Waals surface area contributed by atoms with Gasteiger partial charge in [0.25, 0.3) is 0 Å². The summed E-state index contributed by atoms with van der Waals surface area (Å²) in [7, 11) is 0. The summed E-state index contributed by atoms with van der Waals surface area (Å²) < 4.78 is 0. The van der Waals surface area contributed by atoms with Crippen molar-refractivity contribution >= 4 is 17.3 Å². The third-order valence-corrected chi connectivity index (χ3v) is 3.48. The standard InChI is InChI=1S/C13H19ClN2/c1-10-3-2-6-16(8-10)9-11-7-12(14)4-5-13(11)15/h4-5,7,10H,2-3,6,8-9,15H2,1H3. The lowest BCUT2D eigenvalue weighted by molar-refractivity contribution is 0.177. The molecule has 1 fully saturated rings. The summed E-state index contributed by atoms with van der Waals surface area (Å²) in [5, 5.41) is 0.772. The van der Waals surface area contributed by atoms with Crippen molar-refractivity contribution in [3.05, 3.63) is 28.8 Å². The van der Waals surface area contributed by atoms with Gasteiger partial charge in [-0.3, -0.25) is 4.90 Å². The number of anilines is 1. The normalized spacial score (nSPS) is 22.2. The molecule has 3 heteroatoms. The Bertz CT molecular complexity index is 365. The van der Waals surface area contributed by atoms with E-state index < -0.39 is 0 Å². The molecule has 16 heavy (non-hydrogen) atoms. The quantitative estimate of drug-likeness (QED) is 0.802. The zero-order valence-corrected chi connectivity index (χ0v) is 10.5. The van der Waals surface area contributed by atoms with Crippen LogP contribution in [0, 0.1) is 5.92 Å². The summed E-state index contributed by atoms with van der Waals surface area (Å²) in [4.78, 5) is 2.47. The van der Waals surface area contributed by atoms with Crippen molar-refractivity contribution in [1.29, 1.82) is 0 Å². The van der Waals surface area contributed by atoms with Gasteiger partial charge in [-0.05, 0) is 49.1 Å². The Hall–Kier alpha value is -0.730. The van der Waals surface area contributed by atoms with Gasteiger partial charge in [-0.25, -0.2) is 0 Å². The number of rotatable bonds is 2. The van der Waals surface area contributed by atoms with Crippen LogP contribution in [0.5, 0.6) is 0 Å². The predicted molar refractivity (Wildman–Crippen MR) is 69.5 cm³/mol. The molecule has 2 rings (SSSR count). The minimum absolute atomic E-state index is 0.772. The molecule has 0 amide bonds. The van der Waals surface area contributed by atoms with E-state index in [0.717, 1.165) is 28.7 Å². The van der Waals surface area contributed by atoms with Gasteiger partial charge in [0.1, 0.15) is 0 Å². The number of halogens is 1. The van der Waals surface area contributed by atoms with Crippen LogP contribution in [0.1, 0.15) is 25.3 Å². The molecule has 1 aliphatic rings. The molecule has 1 aliphatic heterocycles. The van der Waals surface area contributed by atoms with Crippen LogP contribution in [0.2, 0.25) is 5.02 Å². The van der Waals surface area contributed by atoms with Gasteiger partial charge in [0.2, 0.25) is 0 Å². The van der Waals surface area contributed by atoms with E-state index in [9.17, 15) is 0 Å². The van der Waals surface area contributed by atoms with Crippen LogP contribution in [0.25, 0.3) is 0 Å². The highest BCUT2D eigenvalue weighted by Gasteiger charge is 2.16. The molecule has 1 atom stereocenters. The third kappa shape index (κ3) is 2.89. The number of hydrogen-bond acceptors (Lipinski definition) is 2. The molecule has 0 radical (unpaired) electrons. The highest BCUT2D eigenvalue weighted by molar-refractivity contribution is 6.30. The van der Waals surface area contributed by atoms with Gasteiger partial charge in [0.15, 0.2) is 0 Å². The molecule has 1 saturated heterocycles. The van der Waals surface area contributed by atoms with Crippen LogP contribution < -0.4 is 5.73 Å². The Morgan fingerprint density at radius 3 is 3.06 bits per heavy atom. The number of benzene rings is 1. The third-order valence-electron chi connectivity index (χ3n) is 3.24. The summed E-state index contributed by atoms with van der Waals surface area (Å²) in [6, 6.07) is 5.72. The molecule has 0 aromatic heterocycles. The van der Waals surface area contributed by atoms with Crippen molar-refractivity contribution in [2.45, 2.75) is 26.3 Å². The second-order valence-electron chi connectivity index (χ2n) is 4.83. The fourth-order valence-electron chi connectivity index (χ4n) is 2.38. The van der Waals surface area contributed by atoms with Gasteiger partial charge in [-0.15, -0.1) is 0 Å². The minimum atomic E-state index is 0.772. The molecule has 1 heterocycles. The van der Waals surface area contributed by atoms with E-state index in [-0.39, 0.29) is 0 Å². The fourth-order valence-corrected chi connectivity index (χ4v) is 2.58. The number of piperidine rings is 1. The van der Waals surface area contributed by atoms with Crippen LogP contribution in [0.4, 0.5) is 5.69 Å². The monoisotopic (exact) mass is 238 g/mol. The molecular weight excluding hydrogens is 220 g/mol. The van der Waals surface area contributed by atoms with E-state index in [2.05, 4.69) is 11.8 Å². The molecule has 2 N–H and O–H groups in total. The molecule has 1 aromatic rings. The molecule has 0 saturated carbocycles. The Morgan fingerprint density at radius 2 is 2.31 bits per heavy atom. The van der Waals surface area contributed by atoms with Gasteiger partial charge in [-0.2, -0.15) is 0 Å². The van der Waals surface area contributed by atoms with Crippen molar-refractivity contribution in [3.63, 3.8) is 0 Å². The number of nitrogens with two attached hydrogens (primary N) is 1. The van der Waals surface area contributed by atoms with Gasteiger partial charge >= 0.3 is 0 Å². The van der Waals surface area contributed by atoms with Crippen LogP contribution in [-0.4, -0.2) is 18.0 Å². The Kier molecular flexibility index (Phi) is 3.72. The lowest BCUT2D eigenvalue weighted by Gasteiger charge is -2.31. The van der Waals surface area contributed by atoms with Gasteiger partial charge in [0.05, 0.1) is 0 Å². The van der Waals surface area contributed by atoms with E-state index in [1.807, 2.05) is 18.2 Å². The first-order valence-electron chi connectivity index (χ1n) is 5.91. The second kappa shape index (κ2) is 5.07. The molecule has 1 aromatic carbocycles. The molecule has 0 aliphatic carbocycles. The molecule has 2 nitrogen and oxygen atoms in total. The van der Waals surface area contributed by atoms with E-state index in [1.54, 1.807) is 0 Å².